The fraction of sp³-hybridized carbons (Fsp3) is 0.833. The van der Waals surface area contributed by atoms with E-state index in [1.807, 2.05) is 0 Å². The highest BCUT2D eigenvalue weighted by Gasteiger charge is 2.57. The number of carbonyl (C=O) groups excluding carboxylic acids is 1. The molecule has 1 saturated carbocycles. The Morgan fingerprint density at radius 2 is 2.00 bits per heavy atom. The van der Waals surface area contributed by atoms with Gasteiger partial charge >= 0.3 is 0 Å². The van der Waals surface area contributed by atoms with E-state index in [4.69, 9.17) is 0 Å². The van der Waals surface area contributed by atoms with E-state index in [2.05, 4.69) is 25.4 Å². The van der Waals surface area contributed by atoms with Gasteiger partial charge in [-0.2, -0.15) is 0 Å². The van der Waals surface area contributed by atoms with Crippen LogP contribution in [-0.4, -0.2) is 40.3 Å². The molecule has 1 saturated heterocycles. The van der Waals surface area contributed by atoms with Crippen LogP contribution in [0.2, 0.25) is 0 Å². The Balaban J connectivity index is 0.00000121. The average molecular weight is 404 g/mol. The molecule has 3 aliphatic rings. The van der Waals surface area contributed by atoms with E-state index in [9.17, 15) is 4.79 Å². The summed E-state index contributed by atoms with van der Waals surface area (Å²) in [5.41, 5.74) is 0.333. The van der Waals surface area contributed by atoms with Gasteiger partial charge in [-0.05, 0) is 57.0 Å². The molecule has 1 amide bonds. The van der Waals surface area contributed by atoms with E-state index in [-0.39, 0.29) is 36.6 Å². The van der Waals surface area contributed by atoms with Crippen LogP contribution in [0, 0.1) is 11.3 Å². The Labute approximate surface area is 168 Å². The molecule has 2 aliphatic heterocycles. The van der Waals surface area contributed by atoms with E-state index in [1.165, 1.54) is 19.3 Å². The van der Waals surface area contributed by atoms with Crippen LogP contribution in [-0.2, 0) is 24.2 Å². The fourth-order valence-electron chi connectivity index (χ4n) is 4.51. The Morgan fingerprint density at radius 1 is 1.19 bits per heavy atom. The van der Waals surface area contributed by atoms with Crippen molar-refractivity contribution in [3.8, 4) is 0 Å². The molecule has 0 bridgehead atoms. The van der Waals surface area contributed by atoms with Crippen LogP contribution >= 0.6 is 24.8 Å². The van der Waals surface area contributed by atoms with E-state index in [0.717, 1.165) is 76.4 Å². The number of piperidine rings is 1. The summed E-state index contributed by atoms with van der Waals surface area (Å²) < 4.78 is 2.31. The van der Waals surface area contributed by atoms with Crippen molar-refractivity contribution in [3.05, 3.63) is 11.6 Å². The fourth-order valence-corrected chi connectivity index (χ4v) is 4.51. The predicted octanol–water partition coefficient (Wildman–Crippen LogP) is 2.29. The predicted molar refractivity (Wildman–Crippen MR) is 106 cm³/mol. The summed E-state index contributed by atoms with van der Waals surface area (Å²) in [6.07, 6.45) is 10.1. The van der Waals surface area contributed by atoms with E-state index < -0.39 is 0 Å². The number of nitrogens with one attached hydrogen (secondary N) is 2. The summed E-state index contributed by atoms with van der Waals surface area (Å²) in [5.74, 6) is 2.79. The Hall–Kier alpha value is -0.850. The van der Waals surface area contributed by atoms with Crippen LogP contribution in [0.25, 0.3) is 0 Å². The largest absolute Gasteiger partial charge is 0.356 e. The van der Waals surface area contributed by atoms with Gasteiger partial charge in [0.2, 0.25) is 5.91 Å². The summed E-state index contributed by atoms with van der Waals surface area (Å²) in [6, 6.07) is 0. The minimum atomic E-state index is 0. The monoisotopic (exact) mass is 403 g/mol. The van der Waals surface area contributed by atoms with Crippen molar-refractivity contribution in [2.75, 3.05) is 19.6 Å². The maximum absolute atomic E-state index is 12.4. The summed E-state index contributed by atoms with van der Waals surface area (Å²) in [5, 5.41) is 15.3. The minimum absolute atomic E-state index is 0. The second-order valence-electron chi connectivity index (χ2n) is 7.76. The third-order valence-electron chi connectivity index (χ3n) is 6.17. The van der Waals surface area contributed by atoms with Crippen molar-refractivity contribution in [3.63, 3.8) is 0 Å². The Kier molecular flexibility index (Phi) is 7.74. The number of hydrogen-bond donors (Lipinski definition) is 2. The molecule has 6 nitrogen and oxygen atoms in total. The second-order valence-corrected chi connectivity index (χ2v) is 7.76. The summed E-state index contributed by atoms with van der Waals surface area (Å²) >= 11 is 0. The molecule has 148 valence electrons. The van der Waals surface area contributed by atoms with Crippen LogP contribution in [0.3, 0.4) is 0 Å². The van der Waals surface area contributed by atoms with Crippen molar-refractivity contribution in [2.24, 2.45) is 11.3 Å². The molecule has 26 heavy (non-hydrogen) atoms. The highest BCUT2D eigenvalue weighted by atomic mass is 35.5. The number of nitrogens with zero attached hydrogens (tertiary/aromatic N) is 3. The van der Waals surface area contributed by atoms with Gasteiger partial charge in [0.15, 0.2) is 0 Å². The maximum Gasteiger partial charge on any atom is 0.223 e. The Bertz CT molecular complexity index is 600. The number of aryl methyl sites for hydroxylation is 2. The number of rotatable bonds is 5. The van der Waals surface area contributed by atoms with Crippen molar-refractivity contribution < 1.29 is 4.79 Å². The molecule has 1 aliphatic carbocycles. The lowest BCUT2D eigenvalue weighted by Gasteiger charge is -2.23. The highest BCUT2D eigenvalue weighted by Crippen LogP contribution is 2.58. The average Bonchev–Trinajstić information content (AvgIpc) is 3.24. The maximum atomic E-state index is 12.4. The molecule has 2 fully saturated rings. The number of halogens is 2. The lowest BCUT2D eigenvalue weighted by molar-refractivity contribution is -0.123. The first-order valence-electron chi connectivity index (χ1n) is 9.68. The van der Waals surface area contributed by atoms with Crippen molar-refractivity contribution in [2.45, 2.75) is 64.3 Å². The molecule has 3 heterocycles. The van der Waals surface area contributed by atoms with Gasteiger partial charge in [-0.25, -0.2) is 0 Å². The molecule has 0 radical (unpaired) electrons. The van der Waals surface area contributed by atoms with Crippen LogP contribution in [0.15, 0.2) is 0 Å². The molecular weight excluding hydrogens is 373 g/mol. The van der Waals surface area contributed by atoms with Gasteiger partial charge in [0.05, 0.1) is 0 Å². The van der Waals surface area contributed by atoms with Crippen molar-refractivity contribution in [1.82, 2.24) is 25.4 Å². The molecule has 8 heteroatoms. The van der Waals surface area contributed by atoms with Crippen molar-refractivity contribution in [1.29, 1.82) is 0 Å². The number of fused-ring (bicyclic) bond motifs is 1. The van der Waals surface area contributed by atoms with Gasteiger partial charge in [-0.1, -0.05) is 6.42 Å². The standard InChI is InChI=1S/C18H29N5O.2ClH/c24-17(14-13-18(14)7-10-19-11-8-18)20-9-4-6-16-22-21-15-5-2-1-3-12-23(15)16;;/h14,19H,1-13H2,(H,20,24);2*1H. The SMILES string of the molecule is Cl.Cl.O=C(NCCCc1nnc2n1CCCCC2)C1CC12CCNCC2. The van der Waals surface area contributed by atoms with Gasteiger partial charge in [0, 0.05) is 31.8 Å². The van der Waals surface area contributed by atoms with Gasteiger partial charge in [0.25, 0.3) is 0 Å². The topological polar surface area (TPSA) is 71.8 Å². The molecule has 4 rings (SSSR count). The molecule has 1 aromatic heterocycles. The van der Waals surface area contributed by atoms with Crippen molar-refractivity contribution >= 4 is 30.7 Å². The number of amides is 1. The van der Waals surface area contributed by atoms with E-state index in [1.54, 1.807) is 0 Å². The third kappa shape index (κ3) is 4.52. The zero-order valence-corrected chi connectivity index (χ0v) is 17.0. The van der Waals surface area contributed by atoms with Gasteiger partial charge < -0.3 is 15.2 Å². The minimum Gasteiger partial charge on any atom is -0.356 e. The lowest BCUT2D eigenvalue weighted by atomic mass is 9.92. The molecule has 2 N–H and O–H groups in total. The van der Waals surface area contributed by atoms with Crippen LogP contribution in [0.5, 0.6) is 0 Å². The summed E-state index contributed by atoms with van der Waals surface area (Å²) in [7, 11) is 0. The smallest absolute Gasteiger partial charge is 0.223 e. The normalized spacial score (nSPS) is 23.2. The van der Waals surface area contributed by atoms with Gasteiger partial charge in [-0.3, -0.25) is 4.79 Å². The highest BCUT2D eigenvalue weighted by molar-refractivity contribution is 5.85. The zero-order chi connectivity index (χ0) is 16.4. The van der Waals surface area contributed by atoms with Gasteiger partial charge in [0.1, 0.15) is 11.6 Å². The molecular formula is C18H31Cl2N5O. The Morgan fingerprint density at radius 3 is 2.81 bits per heavy atom. The van der Waals surface area contributed by atoms with E-state index >= 15 is 0 Å². The molecule has 0 aromatic carbocycles. The number of hydrogen-bond acceptors (Lipinski definition) is 4. The first-order chi connectivity index (χ1) is 11.8. The quantitative estimate of drug-likeness (QED) is 0.739. The lowest BCUT2D eigenvalue weighted by Crippen LogP contribution is -2.34. The first-order valence-corrected chi connectivity index (χ1v) is 9.68. The molecule has 1 atom stereocenters. The van der Waals surface area contributed by atoms with Crippen LogP contribution in [0.1, 0.15) is 56.6 Å². The zero-order valence-electron chi connectivity index (χ0n) is 15.3. The molecule has 1 aromatic rings. The number of aromatic nitrogens is 3. The van der Waals surface area contributed by atoms with Gasteiger partial charge in [-0.15, -0.1) is 35.0 Å². The number of carbonyl (C=O) groups is 1. The molecule has 1 unspecified atom stereocenters. The van der Waals surface area contributed by atoms with Crippen LogP contribution < -0.4 is 10.6 Å². The first kappa shape index (κ1) is 21.5. The summed E-state index contributed by atoms with van der Waals surface area (Å²) in [6.45, 7) is 3.96. The second kappa shape index (κ2) is 9.38. The van der Waals surface area contributed by atoms with E-state index in [0.29, 0.717) is 5.41 Å². The molecule has 1 spiro atoms. The third-order valence-corrected chi connectivity index (χ3v) is 6.17. The summed E-state index contributed by atoms with van der Waals surface area (Å²) in [4.78, 5) is 12.4. The van der Waals surface area contributed by atoms with Crippen LogP contribution in [0.4, 0.5) is 0 Å².